The zero-order chi connectivity index (χ0) is 14.4. The molecule has 104 valence electrons. The summed E-state index contributed by atoms with van der Waals surface area (Å²) in [5.41, 5.74) is 1.78. The average Bonchev–Trinajstić information content (AvgIpc) is 2.34. The van der Waals surface area contributed by atoms with E-state index in [9.17, 15) is 4.79 Å². The van der Waals surface area contributed by atoms with Gasteiger partial charge in [0.2, 0.25) is 0 Å². The first-order valence-corrected chi connectivity index (χ1v) is 6.80. The topological polar surface area (TPSA) is 32.3 Å². The van der Waals surface area contributed by atoms with E-state index < -0.39 is 0 Å². The minimum Gasteiger partial charge on any atom is -0.334 e. The highest BCUT2D eigenvalue weighted by molar-refractivity contribution is 6.35. The van der Waals surface area contributed by atoms with Crippen molar-refractivity contribution in [2.24, 2.45) is 0 Å². The number of hydrogen-bond acceptors (Lipinski definition) is 1. The third-order valence-corrected chi connectivity index (χ3v) is 3.16. The van der Waals surface area contributed by atoms with Gasteiger partial charge in [0, 0.05) is 29.7 Å². The van der Waals surface area contributed by atoms with E-state index in [0.29, 0.717) is 29.7 Å². The van der Waals surface area contributed by atoms with Crippen LogP contribution in [0.3, 0.4) is 0 Å². The highest BCUT2D eigenvalue weighted by Gasteiger charge is 2.11. The van der Waals surface area contributed by atoms with Gasteiger partial charge < -0.3 is 10.2 Å². The standard InChI is InChI=1S/C14H18Cl2N2O/c1-4-18(9-10(2)3)14(19)17-8-11-5-6-12(15)7-13(11)16/h5-7H,2,4,8-9H2,1,3H3,(H,17,19). The molecule has 3 nitrogen and oxygen atoms in total. The Morgan fingerprint density at radius 3 is 2.63 bits per heavy atom. The number of hydrogen-bond donors (Lipinski definition) is 1. The van der Waals surface area contributed by atoms with Crippen LogP contribution in [0.1, 0.15) is 19.4 Å². The van der Waals surface area contributed by atoms with E-state index in [-0.39, 0.29) is 6.03 Å². The van der Waals surface area contributed by atoms with E-state index in [4.69, 9.17) is 23.2 Å². The predicted molar refractivity (Wildman–Crippen MR) is 80.8 cm³/mol. The third kappa shape index (κ3) is 5.13. The molecule has 0 aromatic heterocycles. The molecule has 0 aliphatic carbocycles. The van der Waals surface area contributed by atoms with Gasteiger partial charge in [-0.05, 0) is 31.5 Å². The minimum absolute atomic E-state index is 0.128. The van der Waals surface area contributed by atoms with E-state index in [0.717, 1.165) is 11.1 Å². The number of halogens is 2. The van der Waals surface area contributed by atoms with Crippen molar-refractivity contribution in [1.82, 2.24) is 10.2 Å². The SMILES string of the molecule is C=C(C)CN(CC)C(=O)NCc1ccc(Cl)cc1Cl. The second-order valence-corrected chi connectivity index (χ2v) is 5.21. The second-order valence-electron chi connectivity index (χ2n) is 4.37. The van der Waals surface area contributed by atoms with Gasteiger partial charge in [0.05, 0.1) is 0 Å². The van der Waals surface area contributed by atoms with Gasteiger partial charge in [-0.2, -0.15) is 0 Å². The number of carbonyl (C=O) groups is 1. The molecule has 0 bridgehead atoms. The lowest BCUT2D eigenvalue weighted by molar-refractivity contribution is 0.204. The Morgan fingerprint density at radius 1 is 1.42 bits per heavy atom. The van der Waals surface area contributed by atoms with Crippen LogP contribution in [0.4, 0.5) is 4.79 Å². The van der Waals surface area contributed by atoms with Crippen molar-refractivity contribution in [2.75, 3.05) is 13.1 Å². The Hall–Kier alpha value is -1.19. The van der Waals surface area contributed by atoms with Gasteiger partial charge in [0.1, 0.15) is 0 Å². The van der Waals surface area contributed by atoms with Crippen LogP contribution in [0.15, 0.2) is 30.4 Å². The molecule has 0 aliphatic heterocycles. The first-order valence-electron chi connectivity index (χ1n) is 6.05. The quantitative estimate of drug-likeness (QED) is 0.816. The van der Waals surface area contributed by atoms with Gasteiger partial charge in [-0.3, -0.25) is 0 Å². The number of likely N-dealkylation sites (N-methyl/N-ethyl adjacent to an activating group) is 1. The number of amides is 2. The summed E-state index contributed by atoms with van der Waals surface area (Å²) in [5, 5.41) is 3.97. The normalized spacial score (nSPS) is 10.1. The van der Waals surface area contributed by atoms with Gasteiger partial charge in [-0.25, -0.2) is 4.79 Å². The van der Waals surface area contributed by atoms with Crippen molar-refractivity contribution < 1.29 is 4.79 Å². The van der Waals surface area contributed by atoms with Crippen LogP contribution in [0.5, 0.6) is 0 Å². The molecule has 1 N–H and O–H groups in total. The minimum atomic E-state index is -0.128. The Labute approximate surface area is 124 Å². The van der Waals surface area contributed by atoms with E-state index in [1.807, 2.05) is 13.8 Å². The molecule has 0 unspecified atom stereocenters. The van der Waals surface area contributed by atoms with Crippen LogP contribution in [0.25, 0.3) is 0 Å². The maximum absolute atomic E-state index is 12.0. The van der Waals surface area contributed by atoms with Crippen molar-refractivity contribution in [3.05, 3.63) is 46.0 Å². The lowest BCUT2D eigenvalue weighted by Gasteiger charge is -2.21. The lowest BCUT2D eigenvalue weighted by Crippen LogP contribution is -2.40. The monoisotopic (exact) mass is 300 g/mol. The smallest absolute Gasteiger partial charge is 0.317 e. The largest absolute Gasteiger partial charge is 0.334 e. The third-order valence-electron chi connectivity index (χ3n) is 2.57. The molecular formula is C14H18Cl2N2O. The van der Waals surface area contributed by atoms with Crippen LogP contribution in [0.2, 0.25) is 10.0 Å². The van der Waals surface area contributed by atoms with Crippen LogP contribution < -0.4 is 5.32 Å². The molecule has 0 fully saturated rings. The van der Waals surface area contributed by atoms with Crippen LogP contribution in [0, 0.1) is 0 Å². The zero-order valence-electron chi connectivity index (χ0n) is 11.2. The molecule has 1 aromatic rings. The van der Waals surface area contributed by atoms with Gasteiger partial charge in [-0.1, -0.05) is 41.4 Å². The molecule has 0 radical (unpaired) electrons. The summed E-state index contributed by atoms with van der Waals surface area (Å²) in [6, 6.07) is 5.09. The highest BCUT2D eigenvalue weighted by Crippen LogP contribution is 2.20. The van der Waals surface area contributed by atoms with Crippen LogP contribution in [-0.4, -0.2) is 24.0 Å². The summed E-state index contributed by atoms with van der Waals surface area (Å²) in [4.78, 5) is 13.7. The number of carbonyl (C=O) groups excluding carboxylic acids is 1. The van der Waals surface area contributed by atoms with Crippen molar-refractivity contribution in [1.29, 1.82) is 0 Å². The predicted octanol–water partition coefficient (Wildman–Crippen LogP) is 4.10. The number of nitrogens with zero attached hydrogens (tertiary/aromatic N) is 1. The summed E-state index contributed by atoms with van der Waals surface area (Å²) in [6.45, 7) is 9.19. The van der Waals surface area contributed by atoms with Gasteiger partial charge in [0.15, 0.2) is 0 Å². The summed E-state index contributed by atoms with van der Waals surface area (Å²) in [5.74, 6) is 0. The number of urea groups is 1. The Kier molecular flexibility index (Phi) is 6.19. The molecule has 2 amide bonds. The highest BCUT2D eigenvalue weighted by atomic mass is 35.5. The first-order chi connectivity index (χ1) is 8.93. The molecule has 0 saturated heterocycles. The molecule has 1 aromatic carbocycles. The van der Waals surface area contributed by atoms with Crippen molar-refractivity contribution in [2.45, 2.75) is 20.4 Å². The van der Waals surface area contributed by atoms with Gasteiger partial charge in [0.25, 0.3) is 0 Å². The molecule has 0 aliphatic rings. The fourth-order valence-electron chi connectivity index (χ4n) is 1.60. The second kappa shape index (κ2) is 7.41. The van der Waals surface area contributed by atoms with Crippen molar-refractivity contribution in [3.63, 3.8) is 0 Å². The van der Waals surface area contributed by atoms with E-state index >= 15 is 0 Å². The van der Waals surface area contributed by atoms with Crippen LogP contribution in [-0.2, 0) is 6.54 Å². The summed E-state index contributed by atoms with van der Waals surface area (Å²) in [7, 11) is 0. The molecule has 1 rings (SSSR count). The summed E-state index contributed by atoms with van der Waals surface area (Å²) >= 11 is 11.9. The first kappa shape index (κ1) is 15.9. The lowest BCUT2D eigenvalue weighted by atomic mass is 10.2. The Morgan fingerprint density at radius 2 is 2.11 bits per heavy atom. The van der Waals surface area contributed by atoms with E-state index in [2.05, 4.69) is 11.9 Å². The van der Waals surface area contributed by atoms with Crippen LogP contribution >= 0.6 is 23.2 Å². The Balaban J connectivity index is 2.60. The molecule has 19 heavy (non-hydrogen) atoms. The summed E-state index contributed by atoms with van der Waals surface area (Å²) < 4.78 is 0. The number of benzene rings is 1. The van der Waals surface area contributed by atoms with Gasteiger partial charge in [-0.15, -0.1) is 0 Å². The average molecular weight is 301 g/mol. The van der Waals surface area contributed by atoms with Crippen molar-refractivity contribution >= 4 is 29.2 Å². The van der Waals surface area contributed by atoms with Crippen molar-refractivity contribution in [3.8, 4) is 0 Å². The number of nitrogens with one attached hydrogen (secondary N) is 1. The van der Waals surface area contributed by atoms with Gasteiger partial charge >= 0.3 is 6.03 Å². The molecule has 0 heterocycles. The fourth-order valence-corrected chi connectivity index (χ4v) is 2.08. The molecule has 0 atom stereocenters. The zero-order valence-corrected chi connectivity index (χ0v) is 12.7. The maximum Gasteiger partial charge on any atom is 0.317 e. The number of rotatable bonds is 5. The van der Waals surface area contributed by atoms with E-state index in [1.165, 1.54) is 0 Å². The van der Waals surface area contributed by atoms with E-state index in [1.54, 1.807) is 23.1 Å². The molecule has 0 spiro atoms. The fraction of sp³-hybridized carbons (Fsp3) is 0.357. The summed E-state index contributed by atoms with van der Waals surface area (Å²) in [6.07, 6.45) is 0. The molecule has 0 saturated carbocycles. The Bertz CT molecular complexity index is 475. The molecular weight excluding hydrogens is 283 g/mol. The molecule has 5 heteroatoms. The maximum atomic E-state index is 12.0.